The zero-order valence-corrected chi connectivity index (χ0v) is 12.4. The van der Waals surface area contributed by atoms with E-state index in [4.69, 9.17) is 5.73 Å². The largest absolute Gasteiger partial charge is 0.330 e. The number of nitrogens with two attached hydrogens (primary N) is 1. The predicted molar refractivity (Wildman–Crippen MR) is 77.7 cm³/mol. The number of benzene rings is 1. The number of hydrogen-bond donors (Lipinski definition) is 1. The van der Waals surface area contributed by atoms with Crippen LogP contribution >= 0.6 is 15.9 Å². The summed E-state index contributed by atoms with van der Waals surface area (Å²) >= 11 is 3.49. The molecule has 0 bridgehead atoms. The zero-order chi connectivity index (χ0) is 13.1. The fraction of sp³-hybridized carbons (Fsp3) is 0.357. The molecule has 0 amide bonds. The number of nitrogens with zero attached hydrogens (tertiary/aromatic N) is 2. The Morgan fingerprint density at radius 3 is 2.78 bits per heavy atom. The molecular formula is C14H18BrN3. The van der Waals surface area contributed by atoms with Crippen LogP contribution in [0.3, 0.4) is 0 Å². The maximum absolute atomic E-state index is 5.64. The third kappa shape index (κ3) is 2.82. The molecule has 2 aromatic rings. The predicted octanol–water partition coefficient (Wildman–Crippen LogP) is 2.81. The molecule has 4 heteroatoms. The van der Waals surface area contributed by atoms with E-state index < -0.39 is 0 Å². The average Bonchev–Trinajstić information content (AvgIpc) is 2.57. The Morgan fingerprint density at radius 2 is 2.11 bits per heavy atom. The first kappa shape index (κ1) is 13.3. The van der Waals surface area contributed by atoms with Gasteiger partial charge in [0.05, 0.1) is 12.2 Å². The maximum atomic E-state index is 5.64. The summed E-state index contributed by atoms with van der Waals surface area (Å²) in [7, 11) is 0. The summed E-state index contributed by atoms with van der Waals surface area (Å²) in [5.74, 6) is 0. The topological polar surface area (TPSA) is 43.8 Å². The summed E-state index contributed by atoms with van der Waals surface area (Å²) in [6, 6.07) is 8.32. The number of hydrogen-bond acceptors (Lipinski definition) is 2. The van der Waals surface area contributed by atoms with Crippen molar-refractivity contribution in [3.05, 3.63) is 51.3 Å². The summed E-state index contributed by atoms with van der Waals surface area (Å²) in [5.41, 5.74) is 10.5. The minimum absolute atomic E-state index is 0.671. The van der Waals surface area contributed by atoms with Crippen LogP contribution < -0.4 is 5.73 Å². The van der Waals surface area contributed by atoms with Crippen molar-refractivity contribution < 1.29 is 0 Å². The van der Waals surface area contributed by atoms with E-state index in [2.05, 4.69) is 51.7 Å². The van der Waals surface area contributed by atoms with Gasteiger partial charge < -0.3 is 5.73 Å². The number of aromatic nitrogens is 2. The van der Waals surface area contributed by atoms with Gasteiger partial charge >= 0.3 is 0 Å². The van der Waals surface area contributed by atoms with Crippen molar-refractivity contribution in [2.75, 3.05) is 6.54 Å². The standard InChI is InChI=1S/C14H18BrN3/c1-10-14(6-7-16)11(2)18(17-10)9-12-4-3-5-13(15)8-12/h3-5,8H,6-7,9,16H2,1-2H3. The molecule has 18 heavy (non-hydrogen) atoms. The first-order valence-corrected chi connectivity index (χ1v) is 6.88. The van der Waals surface area contributed by atoms with Gasteiger partial charge in [0.15, 0.2) is 0 Å². The second-order valence-corrected chi connectivity index (χ2v) is 5.39. The van der Waals surface area contributed by atoms with Crippen LogP contribution in [0, 0.1) is 13.8 Å². The van der Waals surface area contributed by atoms with Gasteiger partial charge in [-0.2, -0.15) is 5.10 Å². The summed E-state index contributed by atoms with van der Waals surface area (Å²) in [6.07, 6.45) is 0.899. The molecule has 0 fully saturated rings. The van der Waals surface area contributed by atoms with E-state index in [0.717, 1.165) is 23.1 Å². The Balaban J connectivity index is 2.27. The second kappa shape index (κ2) is 5.67. The number of halogens is 1. The van der Waals surface area contributed by atoms with Crippen LogP contribution in [0.4, 0.5) is 0 Å². The molecule has 2 N–H and O–H groups in total. The molecule has 0 aliphatic carbocycles. The minimum Gasteiger partial charge on any atom is -0.330 e. The lowest BCUT2D eigenvalue weighted by atomic mass is 10.1. The van der Waals surface area contributed by atoms with Crippen LogP contribution in [0.5, 0.6) is 0 Å². The molecule has 0 spiro atoms. The lowest BCUT2D eigenvalue weighted by molar-refractivity contribution is 0.657. The van der Waals surface area contributed by atoms with Crippen LogP contribution in [0.15, 0.2) is 28.7 Å². The molecule has 1 aromatic heterocycles. The Hall–Kier alpha value is -1.13. The highest BCUT2D eigenvalue weighted by atomic mass is 79.9. The summed E-state index contributed by atoms with van der Waals surface area (Å²) in [4.78, 5) is 0. The fourth-order valence-corrected chi connectivity index (χ4v) is 2.65. The van der Waals surface area contributed by atoms with Crippen molar-refractivity contribution in [3.63, 3.8) is 0 Å². The van der Waals surface area contributed by atoms with Crippen LogP contribution in [0.25, 0.3) is 0 Å². The van der Waals surface area contributed by atoms with Crippen molar-refractivity contribution in [1.29, 1.82) is 0 Å². The molecule has 0 aliphatic heterocycles. The van der Waals surface area contributed by atoms with Crippen molar-refractivity contribution in [1.82, 2.24) is 9.78 Å². The van der Waals surface area contributed by atoms with Crippen LogP contribution in [0.1, 0.15) is 22.5 Å². The van der Waals surface area contributed by atoms with E-state index in [1.54, 1.807) is 0 Å². The molecule has 0 radical (unpaired) electrons. The lowest BCUT2D eigenvalue weighted by Gasteiger charge is -2.06. The Bertz CT molecular complexity index is 546. The van der Waals surface area contributed by atoms with Gasteiger partial charge in [0.1, 0.15) is 0 Å². The Labute approximate surface area is 116 Å². The molecule has 96 valence electrons. The van der Waals surface area contributed by atoms with Gasteiger partial charge in [0.2, 0.25) is 0 Å². The van der Waals surface area contributed by atoms with E-state index in [0.29, 0.717) is 6.54 Å². The normalized spacial score (nSPS) is 10.9. The highest BCUT2D eigenvalue weighted by Crippen LogP contribution is 2.17. The van der Waals surface area contributed by atoms with Crippen molar-refractivity contribution in [2.24, 2.45) is 5.73 Å². The molecule has 2 rings (SSSR count). The van der Waals surface area contributed by atoms with Crippen molar-refractivity contribution >= 4 is 15.9 Å². The molecule has 0 saturated carbocycles. The Kier molecular flexibility index (Phi) is 4.19. The van der Waals surface area contributed by atoms with Gasteiger partial charge in [-0.3, -0.25) is 4.68 Å². The first-order valence-electron chi connectivity index (χ1n) is 6.09. The van der Waals surface area contributed by atoms with Crippen LogP contribution in [0.2, 0.25) is 0 Å². The minimum atomic E-state index is 0.671. The summed E-state index contributed by atoms with van der Waals surface area (Å²) < 4.78 is 3.16. The molecule has 0 saturated heterocycles. The van der Waals surface area contributed by atoms with E-state index in [1.165, 1.54) is 16.8 Å². The van der Waals surface area contributed by atoms with Crippen LogP contribution in [-0.4, -0.2) is 16.3 Å². The number of aryl methyl sites for hydroxylation is 1. The van der Waals surface area contributed by atoms with Gasteiger partial charge in [-0.15, -0.1) is 0 Å². The van der Waals surface area contributed by atoms with Gasteiger partial charge in [-0.05, 0) is 50.1 Å². The fourth-order valence-electron chi connectivity index (χ4n) is 2.20. The van der Waals surface area contributed by atoms with Crippen molar-refractivity contribution in [3.8, 4) is 0 Å². The third-order valence-corrected chi connectivity index (χ3v) is 3.64. The molecule has 0 aliphatic rings. The quantitative estimate of drug-likeness (QED) is 0.944. The zero-order valence-electron chi connectivity index (χ0n) is 10.8. The molecule has 0 unspecified atom stereocenters. The molecule has 1 aromatic carbocycles. The highest BCUT2D eigenvalue weighted by molar-refractivity contribution is 9.10. The van der Waals surface area contributed by atoms with E-state index in [9.17, 15) is 0 Å². The highest BCUT2D eigenvalue weighted by Gasteiger charge is 2.10. The van der Waals surface area contributed by atoms with Crippen molar-refractivity contribution in [2.45, 2.75) is 26.8 Å². The van der Waals surface area contributed by atoms with Gasteiger partial charge in [0, 0.05) is 10.2 Å². The van der Waals surface area contributed by atoms with Gasteiger partial charge in [0.25, 0.3) is 0 Å². The van der Waals surface area contributed by atoms with Crippen LogP contribution in [-0.2, 0) is 13.0 Å². The van der Waals surface area contributed by atoms with Gasteiger partial charge in [-0.1, -0.05) is 28.1 Å². The SMILES string of the molecule is Cc1nn(Cc2cccc(Br)c2)c(C)c1CCN. The molecule has 1 heterocycles. The van der Waals surface area contributed by atoms with E-state index >= 15 is 0 Å². The first-order chi connectivity index (χ1) is 8.61. The Morgan fingerprint density at radius 1 is 1.33 bits per heavy atom. The van der Waals surface area contributed by atoms with E-state index in [1.807, 2.05) is 12.1 Å². The third-order valence-electron chi connectivity index (χ3n) is 3.15. The smallest absolute Gasteiger partial charge is 0.0663 e. The summed E-state index contributed by atoms with van der Waals surface area (Å²) in [5, 5.41) is 4.60. The van der Waals surface area contributed by atoms with Gasteiger partial charge in [-0.25, -0.2) is 0 Å². The number of rotatable bonds is 4. The average molecular weight is 308 g/mol. The van der Waals surface area contributed by atoms with E-state index in [-0.39, 0.29) is 0 Å². The molecule has 0 atom stereocenters. The second-order valence-electron chi connectivity index (χ2n) is 4.48. The molecular weight excluding hydrogens is 290 g/mol. The summed E-state index contributed by atoms with van der Waals surface area (Å²) in [6.45, 7) is 5.64. The maximum Gasteiger partial charge on any atom is 0.0663 e. The molecule has 3 nitrogen and oxygen atoms in total. The lowest BCUT2D eigenvalue weighted by Crippen LogP contribution is -2.06. The monoisotopic (exact) mass is 307 g/mol.